The summed E-state index contributed by atoms with van der Waals surface area (Å²) in [7, 11) is 0. The molecule has 120 valence electrons. The highest BCUT2D eigenvalue weighted by Gasteiger charge is 2.10. The first-order valence-corrected chi connectivity index (χ1v) is 7.33. The van der Waals surface area contributed by atoms with Crippen LogP contribution < -0.4 is 5.32 Å². The summed E-state index contributed by atoms with van der Waals surface area (Å²) in [6.07, 6.45) is 0. The van der Waals surface area contributed by atoms with Crippen LogP contribution in [0.25, 0.3) is 10.8 Å². The zero-order chi connectivity index (χ0) is 16.9. The molecule has 0 heterocycles. The van der Waals surface area contributed by atoms with Gasteiger partial charge in [0.25, 0.3) is 5.91 Å². The average Bonchev–Trinajstić information content (AvgIpc) is 2.60. The number of hydrogen-bond acceptors (Lipinski definition) is 3. The second-order valence-electron chi connectivity index (χ2n) is 5.19. The first-order valence-electron chi connectivity index (χ1n) is 7.33. The molecule has 1 amide bonds. The van der Waals surface area contributed by atoms with E-state index in [-0.39, 0.29) is 5.56 Å². The summed E-state index contributed by atoms with van der Waals surface area (Å²) in [4.78, 5) is 23.7. The van der Waals surface area contributed by atoms with Crippen LogP contribution in [0.5, 0.6) is 0 Å². The normalized spacial score (nSPS) is 10.4. The Labute approximate surface area is 137 Å². The number of benzene rings is 3. The quantitative estimate of drug-likeness (QED) is 0.744. The number of ether oxygens (including phenoxy) is 1. The van der Waals surface area contributed by atoms with Crippen LogP contribution in [-0.4, -0.2) is 18.5 Å². The molecule has 0 saturated heterocycles. The minimum atomic E-state index is -0.677. The van der Waals surface area contributed by atoms with Gasteiger partial charge in [0.2, 0.25) is 0 Å². The number of nitrogens with one attached hydrogen (secondary N) is 1. The van der Waals surface area contributed by atoms with E-state index in [9.17, 15) is 14.0 Å². The van der Waals surface area contributed by atoms with Crippen LogP contribution in [0, 0.1) is 5.82 Å². The molecule has 4 nitrogen and oxygen atoms in total. The Hall–Kier alpha value is -3.21. The Morgan fingerprint density at radius 3 is 2.38 bits per heavy atom. The Balaban J connectivity index is 1.58. The lowest BCUT2D eigenvalue weighted by Gasteiger charge is -2.07. The maximum absolute atomic E-state index is 12.8. The Kier molecular flexibility index (Phi) is 4.52. The van der Waals surface area contributed by atoms with Crippen molar-refractivity contribution in [3.05, 3.63) is 78.1 Å². The van der Waals surface area contributed by atoms with Gasteiger partial charge in [-0.3, -0.25) is 4.79 Å². The van der Waals surface area contributed by atoms with Crippen LogP contribution in [0.15, 0.2) is 66.7 Å². The van der Waals surface area contributed by atoms with Crippen LogP contribution in [-0.2, 0) is 9.53 Å². The third-order valence-corrected chi connectivity index (χ3v) is 3.45. The predicted octanol–water partition coefficient (Wildman–Crippen LogP) is 3.77. The monoisotopic (exact) mass is 323 g/mol. The van der Waals surface area contributed by atoms with Gasteiger partial charge in [-0.15, -0.1) is 0 Å². The van der Waals surface area contributed by atoms with E-state index in [2.05, 4.69) is 5.32 Å². The van der Waals surface area contributed by atoms with Crippen molar-refractivity contribution in [1.82, 2.24) is 0 Å². The van der Waals surface area contributed by atoms with Crippen LogP contribution in [0.2, 0.25) is 0 Å². The summed E-state index contributed by atoms with van der Waals surface area (Å²) in [5, 5.41) is 4.74. The third-order valence-electron chi connectivity index (χ3n) is 3.45. The largest absolute Gasteiger partial charge is 0.452 e. The number of carbonyl (C=O) groups excluding carboxylic acids is 2. The highest BCUT2D eigenvalue weighted by Crippen LogP contribution is 2.18. The Morgan fingerprint density at radius 2 is 1.62 bits per heavy atom. The highest BCUT2D eigenvalue weighted by atomic mass is 19.1. The fourth-order valence-electron chi connectivity index (χ4n) is 2.26. The summed E-state index contributed by atoms with van der Waals surface area (Å²) in [6.45, 7) is -0.414. The lowest BCUT2D eigenvalue weighted by Crippen LogP contribution is -2.20. The van der Waals surface area contributed by atoms with Crippen LogP contribution >= 0.6 is 0 Å². The Bertz CT molecular complexity index is 891. The van der Waals surface area contributed by atoms with Gasteiger partial charge >= 0.3 is 5.97 Å². The molecule has 0 aromatic heterocycles. The van der Waals surface area contributed by atoms with E-state index in [1.807, 2.05) is 36.4 Å². The zero-order valence-corrected chi connectivity index (χ0v) is 12.7. The predicted molar refractivity (Wildman–Crippen MR) is 89.3 cm³/mol. The van der Waals surface area contributed by atoms with Crippen LogP contribution in [0.4, 0.5) is 10.1 Å². The number of amides is 1. The molecular weight excluding hydrogens is 309 g/mol. The standard InChI is InChI=1S/C19H14FNO3/c20-16-8-5-14(6-9-16)19(23)24-12-18(22)21-17-10-7-13-3-1-2-4-15(13)11-17/h1-11H,12H2,(H,21,22). The molecule has 3 aromatic carbocycles. The number of esters is 1. The van der Waals surface area contributed by atoms with E-state index >= 15 is 0 Å². The molecule has 5 heteroatoms. The second-order valence-corrected chi connectivity index (χ2v) is 5.19. The van der Waals surface area contributed by atoms with E-state index in [1.54, 1.807) is 6.07 Å². The van der Waals surface area contributed by atoms with Crippen molar-refractivity contribution in [2.45, 2.75) is 0 Å². The lowest BCUT2D eigenvalue weighted by molar-refractivity contribution is -0.119. The van der Waals surface area contributed by atoms with Gasteiger partial charge in [-0.25, -0.2) is 9.18 Å². The number of carbonyl (C=O) groups is 2. The molecule has 0 fully saturated rings. The van der Waals surface area contributed by atoms with Crippen molar-refractivity contribution in [3.63, 3.8) is 0 Å². The lowest BCUT2D eigenvalue weighted by atomic mass is 10.1. The summed E-state index contributed by atoms with van der Waals surface area (Å²) < 4.78 is 17.7. The summed E-state index contributed by atoms with van der Waals surface area (Å²) in [6, 6.07) is 18.2. The van der Waals surface area contributed by atoms with Gasteiger partial charge in [0.1, 0.15) is 5.82 Å². The van der Waals surface area contributed by atoms with E-state index in [1.165, 1.54) is 12.1 Å². The second kappa shape index (κ2) is 6.91. The number of rotatable bonds is 4. The molecule has 0 bridgehead atoms. The molecule has 0 aliphatic heterocycles. The number of fused-ring (bicyclic) bond motifs is 1. The maximum Gasteiger partial charge on any atom is 0.338 e. The Morgan fingerprint density at radius 1 is 0.917 bits per heavy atom. The summed E-state index contributed by atoms with van der Waals surface area (Å²) in [5.41, 5.74) is 0.812. The van der Waals surface area contributed by atoms with Gasteiger partial charge in [0.05, 0.1) is 5.56 Å². The molecule has 0 saturated carbocycles. The minimum Gasteiger partial charge on any atom is -0.452 e. The highest BCUT2D eigenvalue weighted by molar-refractivity contribution is 5.97. The van der Waals surface area contributed by atoms with Gasteiger partial charge in [-0.1, -0.05) is 30.3 Å². The molecule has 0 aliphatic rings. The molecule has 0 aliphatic carbocycles. The first-order chi connectivity index (χ1) is 11.6. The summed E-state index contributed by atoms with van der Waals surface area (Å²) in [5.74, 6) is -1.56. The molecule has 0 radical (unpaired) electrons. The first kappa shape index (κ1) is 15.7. The zero-order valence-electron chi connectivity index (χ0n) is 12.7. The van der Waals surface area contributed by atoms with Crippen molar-refractivity contribution >= 4 is 28.3 Å². The van der Waals surface area contributed by atoms with Crippen molar-refractivity contribution in [3.8, 4) is 0 Å². The van der Waals surface area contributed by atoms with Gasteiger partial charge in [0.15, 0.2) is 6.61 Å². The third kappa shape index (κ3) is 3.76. The van der Waals surface area contributed by atoms with Crippen molar-refractivity contribution in [1.29, 1.82) is 0 Å². The molecule has 0 spiro atoms. The van der Waals surface area contributed by atoms with Crippen molar-refractivity contribution < 1.29 is 18.7 Å². The topological polar surface area (TPSA) is 55.4 Å². The maximum atomic E-state index is 12.8. The molecule has 24 heavy (non-hydrogen) atoms. The van der Waals surface area contributed by atoms with Gasteiger partial charge in [0, 0.05) is 5.69 Å². The molecule has 3 aromatic rings. The van der Waals surface area contributed by atoms with Crippen LogP contribution in [0.3, 0.4) is 0 Å². The van der Waals surface area contributed by atoms with E-state index in [0.717, 1.165) is 22.9 Å². The van der Waals surface area contributed by atoms with Crippen molar-refractivity contribution in [2.75, 3.05) is 11.9 Å². The molecular formula is C19H14FNO3. The SMILES string of the molecule is O=C(COC(=O)c1ccc(F)cc1)Nc1ccc2ccccc2c1. The van der Waals surface area contributed by atoms with E-state index in [0.29, 0.717) is 5.69 Å². The number of halogens is 1. The van der Waals surface area contributed by atoms with Crippen LogP contribution in [0.1, 0.15) is 10.4 Å². The van der Waals surface area contributed by atoms with Crippen molar-refractivity contribution in [2.24, 2.45) is 0 Å². The van der Waals surface area contributed by atoms with Gasteiger partial charge in [-0.2, -0.15) is 0 Å². The van der Waals surface area contributed by atoms with E-state index in [4.69, 9.17) is 4.74 Å². The number of hydrogen-bond donors (Lipinski definition) is 1. The average molecular weight is 323 g/mol. The molecule has 3 rings (SSSR count). The molecule has 0 unspecified atom stereocenters. The molecule has 0 atom stereocenters. The number of anilines is 1. The minimum absolute atomic E-state index is 0.190. The summed E-state index contributed by atoms with van der Waals surface area (Å²) >= 11 is 0. The molecule has 1 N–H and O–H groups in total. The van der Waals surface area contributed by atoms with E-state index < -0.39 is 24.3 Å². The fourth-order valence-corrected chi connectivity index (χ4v) is 2.26. The smallest absolute Gasteiger partial charge is 0.338 e. The fraction of sp³-hybridized carbons (Fsp3) is 0.0526. The van der Waals surface area contributed by atoms with Gasteiger partial charge in [-0.05, 0) is 47.2 Å². The van der Waals surface area contributed by atoms with Gasteiger partial charge < -0.3 is 10.1 Å².